The van der Waals surface area contributed by atoms with Crippen molar-refractivity contribution in [3.8, 4) is 0 Å². The number of rotatable bonds is 5. The normalized spacial score (nSPS) is 34.2. The average molecular weight is 249 g/mol. The highest BCUT2D eigenvalue weighted by atomic mass is 31.2. The summed E-state index contributed by atoms with van der Waals surface area (Å²) in [6.45, 7) is 3.85. The number of piperidine rings is 3. The number of nitrogens with zero attached hydrogens (tertiary/aromatic N) is 1. The van der Waals surface area contributed by atoms with Crippen LogP contribution in [0.4, 0.5) is 0 Å². The summed E-state index contributed by atoms with van der Waals surface area (Å²) < 4.78 is 16.4. The molecule has 0 amide bonds. The first kappa shape index (κ1) is 12.5. The van der Waals surface area contributed by atoms with Crippen LogP contribution < -0.4 is 0 Å². The van der Waals surface area contributed by atoms with E-state index in [0.29, 0.717) is 25.0 Å². The van der Waals surface area contributed by atoms with Gasteiger partial charge in [0.05, 0.1) is 12.3 Å². The Labute approximate surface area is 95.9 Å². The molecule has 0 aliphatic carbocycles. The third-order valence-electron chi connectivity index (χ3n) is 3.52. The summed E-state index contributed by atoms with van der Waals surface area (Å²) in [5, 5.41) is 0. The molecule has 0 aromatic rings. The molecule has 0 aromatic heterocycles. The van der Waals surface area contributed by atoms with E-state index in [4.69, 9.17) is 14.5 Å². The van der Waals surface area contributed by atoms with E-state index in [2.05, 4.69) is 4.90 Å². The first-order valence-corrected chi connectivity index (χ1v) is 7.73. The monoisotopic (exact) mass is 249 g/mol. The first-order valence-electron chi connectivity index (χ1n) is 5.93. The molecule has 1 unspecified atom stereocenters. The van der Waals surface area contributed by atoms with Crippen LogP contribution in [-0.4, -0.2) is 53.2 Å². The second-order valence-electron chi connectivity index (χ2n) is 4.79. The Balaban J connectivity index is 1.65. The van der Waals surface area contributed by atoms with Crippen LogP contribution >= 0.6 is 7.60 Å². The van der Waals surface area contributed by atoms with Gasteiger partial charge in [-0.1, -0.05) is 0 Å². The summed E-state index contributed by atoms with van der Waals surface area (Å²) in [6.07, 6.45) is 3.10. The van der Waals surface area contributed by atoms with Gasteiger partial charge in [0.2, 0.25) is 0 Å². The van der Waals surface area contributed by atoms with Crippen LogP contribution in [0.1, 0.15) is 19.3 Å². The molecule has 3 fully saturated rings. The van der Waals surface area contributed by atoms with Crippen molar-refractivity contribution in [1.29, 1.82) is 0 Å². The molecule has 6 heteroatoms. The SMILES string of the molecule is O=P(O)(O)CCCOC1CN2CCC1CC2. The van der Waals surface area contributed by atoms with Gasteiger partial charge in [-0.3, -0.25) is 4.57 Å². The Morgan fingerprint density at radius 1 is 1.31 bits per heavy atom. The molecule has 0 spiro atoms. The molecule has 0 saturated carbocycles. The van der Waals surface area contributed by atoms with Gasteiger partial charge in [-0.15, -0.1) is 0 Å². The van der Waals surface area contributed by atoms with E-state index in [0.717, 1.165) is 6.54 Å². The van der Waals surface area contributed by atoms with Crippen molar-refractivity contribution in [2.45, 2.75) is 25.4 Å². The zero-order valence-electron chi connectivity index (χ0n) is 9.42. The number of hydrogen-bond acceptors (Lipinski definition) is 3. The van der Waals surface area contributed by atoms with Gasteiger partial charge < -0.3 is 19.4 Å². The average Bonchev–Trinajstić information content (AvgIpc) is 2.25. The highest BCUT2D eigenvalue weighted by Gasteiger charge is 2.34. The number of fused-ring (bicyclic) bond motifs is 3. The van der Waals surface area contributed by atoms with Gasteiger partial charge in [0, 0.05) is 13.2 Å². The van der Waals surface area contributed by atoms with Crippen molar-refractivity contribution in [1.82, 2.24) is 4.90 Å². The molecule has 3 aliphatic heterocycles. The molecule has 2 N–H and O–H groups in total. The molecule has 3 heterocycles. The lowest BCUT2D eigenvalue weighted by atomic mass is 9.86. The molecule has 5 nitrogen and oxygen atoms in total. The predicted molar refractivity (Wildman–Crippen MR) is 60.4 cm³/mol. The van der Waals surface area contributed by atoms with Crippen molar-refractivity contribution in [3.63, 3.8) is 0 Å². The van der Waals surface area contributed by atoms with Crippen molar-refractivity contribution < 1.29 is 19.1 Å². The second kappa shape index (κ2) is 5.15. The maximum Gasteiger partial charge on any atom is 0.325 e. The molecule has 3 rings (SSSR count). The summed E-state index contributed by atoms with van der Waals surface area (Å²) in [5.74, 6) is 0.667. The molecular formula is C10H20NO4P. The van der Waals surface area contributed by atoms with Gasteiger partial charge >= 0.3 is 7.60 Å². The van der Waals surface area contributed by atoms with Gasteiger partial charge in [0.25, 0.3) is 0 Å². The maximum absolute atomic E-state index is 10.6. The fraction of sp³-hybridized carbons (Fsp3) is 1.00. The van der Waals surface area contributed by atoms with Crippen LogP contribution in [0.15, 0.2) is 0 Å². The van der Waals surface area contributed by atoms with Crippen LogP contribution in [0.3, 0.4) is 0 Å². The standard InChI is InChI=1S/C10H20NO4P/c12-16(13,14)7-1-6-15-10-8-11-4-2-9(10)3-5-11/h9-10H,1-8H2,(H2,12,13,14). The second-order valence-corrected chi connectivity index (χ2v) is 6.57. The molecule has 3 saturated heterocycles. The fourth-order valence-electron chi connectivity index (χ4n) is 2.60. The van der Waals surface area contributed by atoms with E-state index in [9.17, 15) is 4.57 Å². The molecule has 2 bridgehead atoms. The Kier molecular flexibility index (Phi) is 4.03. The summed E-state index contributed by atoms with van der Waals surface area (Å²) >= 11 is 0. The van der Waals surface area contributed by atoms with Crippen molar-refractivity contribution >= 4 is 7.60 Å². The minimum Gasteiger partial charge on any atom is -0.377 e. The smallest absolute Gasteiger partial charge is 0.325 e. The molecule has 16 heavy (non-hydrogen) atoms. The third kappa shape index (κ3) is 3.54. The molecule has 1 atom stereocenters. The summed E-state index contributed by atoms with van der Waals surface area (Å²) in [6, 6.07) is 0. The summed E-state index contributed by atoms with van der Waals surface area (Å²) in [5.41, 5.74) is 0. The number of ether oxygens (including phenoxy) is 1. The van der Waals surface area contributed by atoms with E-state index in [1.165, 1.54) is 25.9 Å². The largest absolute Gasteiger partial charge is 0.377 e. The van der Waals surface area contributed by atoms with Crippen LogP contribution in [-0.2, 0) is 9.30 Å². The summed E-state index contributed by atoms with van der Waals surface area (Å²) in [4.78, 5) is 19.8. The van der Waals surface area contributed by atoms with Crippen molar-refractivity contribution in [3.05, 3.63) is 0 Å². The highest BCUT2D eigenvalue weighted by molar-refractivity contribution is 7.51. The highest BCUT2D eigenvalue weighted by Crippen LogP contribution is 2.35. The Bertz CT molecular complexity index is 272. The van der Waals surface area contributed by atoms with Gasteiger partial charge in [0.15, 0.2) is 0 Å². The maximum atomic E-state index is 10.6. The molecule has 0 aromatic carbocycles. The lowest BCUT2D eigenvalue weighted by molar-refractivity contribution is -0.0690. The van der Waals surface area contributed by atoms with Crippen molar-refractivity contribution in [2.24, 2.45) is 5.92 Å². The van der Waals surface area contributed by atoms with E-state index in [1.54, 1.807) is 0 Å². The molecular weight excluding hydrogens is 229 g/mol. The van der Waals surface area contributed by atoms with Crippen LogP contribution in [0.5, 0.6) is 0 Å². The Hall–Kier alpha value is 0.0700. The van der Waals surface area contributed by atoms with E-state index >= 15 is 0 Å². The third-order valence-corrected chi connectivity index (χ3v) is 4.42. The molecule has 3 aliphatic rings. The van der Waals surface area contributed by atoms with Gasteiger partial charge in [-0.25, -0.2) is 0 Å². The quantitative estimate of drug-likeness (QED) is 0.553. The Morgan fingerprint density at radius 2 is 2.00 bits per heavy atom. The van der Waals surface area contributed by atoms with Crippen molar-refractivity contribution in [2.75, 3.05) is 32.4 Å². The van der Waals surface area contributed by atoms with Gasteiger partial charge in [0.1, 0.15) is 0 Å². The minimum atomic E-state index is -3.84. The zero-order chi connectivity index (χ0) is 11.6. The topological polar surface area (TPSA) is 70.0 Å². The van der Waals surface area contributed by atoms with Gasteiger partial charge in [-0.05, 0) is 38.3 Å². The first-order chi connectivity index (χ1) is 7.54. The number of hydrogen-bond donors (Lipinski definition) is 2. The Morgan fingerprint density at radius 3 is 2.50 bits per heavy atom. The van der Waals surface area contributed by atoms with Crippen LogP contribution in [0, 0.1) is 5.92 Å². The van der Waals surface area contributed by atoms with E-state index < -0.39 is 7.60 Å². The summed E-state index contributed by atoms with van der Waals surface area (Å²) in [7, 11) is -3.84. The van der Waals surface area contributed by atoms with Crippen LogP contribution in [0.25, 0.3) is 0 Å². The predicted octanol–water partition coefficient (Wildman–Crippen LogP) is 0.665. The zero-order valence-corrected chi connectivity index (χ0v) is 10.3. The minimum absolute atomic E-state index is 0.0614. The molecule has 94 valence electrons. The lowest BCUT2D eigenvalue weighted by Gasteiger charge is -2.44. The lowest BCUT2D eigenvalue weighted by Crippen LogP contribution is -2.51. The van der Waals surface area contributed by atoms with E-state index in [-0.39, 0.29) is 6.16 Å². The van der Waals surface area contributed by atoms with E-state index in [1.807, 2.05) is 0 Å². The van der Waals surface area contributed by atoms with Crippen LogP contribution in [0.2, 0.25) is 0 Å². The van der Waals surface area contributed by atoms with Gasteiger partial charge in [-0.2, -0.15) is 0 Å². The molecule has 0 radical (unpaired) electrons. The fourth-order valence-corrected chi connectivity index (χ4v) is 3.15.